The maximum absolute atomic E-state index is 13.0. The van der Waals surface area contributed by atoms with Crippen molar-refractivity contribution in [3.05, 3.63) is 35.1 Å². The highest BCUT2D eigenvalue weighted by molar-refractivity contribution is 5.95. The molecule has 1 atom stereocenters. The Bertz CT molecular complexity index is 539. The predicted molar refractivity (Wildman–Crippen MR) is 73.8 cm³/mol. The summed E-state index contributed by atoms with van der Waals surface area (Å²) in [5.74, 6) is -1.98. The average Bonchev–Trinajstić information content (AvgIpc) is 2.33. The van der Waals surface area contributed by atoms with E-state index in [1.54, 1.807) is 20.8 Å². The number of amides is 1. The molecule has 0 aliphatic heterocycles. The average molecular weight is 321 g/mol. The third kappa shape index (κ3) is 5.29. The van der Waals surface area contributed by atoms with Crippen molar-refractivity contribution in [1.82, 2.24) is 5.32 Å². The summed E-state index contributed by atoms with van der Waals surface area (Å²) in [4.78, 5) is 12.0. The quantitative estimate of drug-likeness (QED) is 0.817. The van der Waals surface area contributed by atoms with Crippen LogP contribution in [0.25, 0.3) is 0 Å². The van der Waals surface area contributed by atoms with Crippen molar-refractivity contribution in [2.24, 2.45) is 5.41 Å². The van der Waals surface area contributed by atoms with E-state index < -0.39 is 40.5 Å². The van der Waals surface area contributed by atoms with Gasteiger partial charge in [0.1, 0.15) is 5.82 Å². The number of hydrogen-bond acceptors (Lipinski definition) is 2. The summed E-state index contributed by atoms with van der Waals surface area (Å²) < 4.78 is 51.6. The van der Waals surface area contributed by atoms with E-state index in [1.807, 2.05) is 0 Å². The third-order valence-corrected chi connectivity index (χ3v) is 3.11. The minimum absolute atomic E-state index is 0.0887. The monoisotopic (exact) mass is 321 g/mol. The third-order valence-electron chi connectivity index (χ3n) is 3.11. The Hall–Kier alpha value is -1.63. The van der Waals surface area contributed by atoms with Crippen LogP contribution in [0.5, 0.6) is 0 Å². The lowest BCUT2D eigenvalue weighted by molar-refractivity contribution is -0.138. The summed E-state index contributed by atoms with van der Waals surface area (Å²) in [6.45, 7) is 5.22. The van der Waals surface area contributed by atoms with Crippen molar-refractivity contribution in [2.75, 3.05) is 6.54 Å². The van der Waals surface area contributed by atoms with Gasteiger partial charge in [-0.15, -0.1) is 0 Å². The minimum Gasteiger partial charge on any atom is -0.393 e. The summed E-state index contributed by atoms with van der Waals surface area (Å²) in [6, 6.07) is 1.93. The maximum Gasteiger partial charge on any atom is 0.417 e. The number of aliphatic hydroxyl groups is 1. The van der Waals surface area contributed by atoms with Crippen LogP contribution in [0.4, 0.5) is 17.6 Å². The molecule has 0 saturated heterocycles. The van der Waals surface area contributed by atoms with Gasteiger partial charge in [0.2, 0.25) is 0 Å². The molecule has 1 aromatic carbocycles. The number of aliphatic hydroxyl groups excluding tert-OH is 1. The standard InChI is InChI=1S/C15H19F4NO2/c1-9(21)7-14(2,3)8-20-13(22)11-5-4-10(16)6-12(11)15(17,18)19/h4-6,9,21H,7-8H2,1-3H3,(H,20,22). The van der Waals surface area contributed by atoms with Gasteiger partial charge in [0.25, 0.3) is 5.91 Å². The normalized spacial score (nSPS) is 13.8. The van der Waals surface area contributed by atoms with E-state index in [2.05, 4.69) is 5.32 Å². The maximum atomic E-state index is 13.0. The van der Waals surface area contributed by atoms with Crippen molar-refractivity contribution in [3.63, 3.8) is 0 Å². The number of nitrogens with one attached hydrogen (secondary N) is 1. The van der Waals surface area contributed by atoms with E-state index in [0.717, 1.165) is 12.1 Å². The van der Waals surface area contributed by atoms with Crippen molar-refractivity contribution >= 4 is 5.91 Å². The molecule has 1 amide bonds. The smallest absolute Gasteiger partial charge is 0.393 e. The minimum atomic E-state index is -4.82. The van der Waals surface area contributed by atoms with E-state index in [1.165, 1.54) is 0 Å². The second-order valence-corrected chi connectivity index (χ2v) is 6.09. The molecule has 0 fully saturated rings. The lowest BCUT2D eigenvalue weighted by atomic mass is 9.87. The van der Waals surface area contributed by atoms with Gasteiger partial charge in [0.15, 0.2) is 0 Å². The summed E-state index contributed by atoms with van der Waals surface area (Å²) in [7, 11) is 0. The lowest BCUT2D eigenvalue weighted by Crippen LogP contribution is -2.36. The van der Waals surface area contributed by atoms with Gasteiger partial charge in [-0.1, -0.05) is 13.8 Å². The van der Waals surface area contributed by atoms with Gasteiger partial charge >= 0.3 is 6.18 Å². The van der Waals surface area contributed by atoms with Crippen LogP contribution < -0.4 is 5.32 Å². The van der Waals surface area contributed by atoms with Crippen LogP contribution in [0.3, 0.4) is 0 Å². The number of carbonyl (C=O) groups is 1. The summed E-state index contributed by atoms with van der Waals surface area (Å²) in [6.07, 6.45) is -5.03. The Morgan fingerprint density at radius 2 is 1.91 bits per heavy atom. The molecule has 7 heteroatoms. The predicted octanol–water partition coefficient (Wildman–Crippen LogP) is 3.37. The van der Waals surface area contributed by atoms with Crippen molar-refractivity contribution in [3.8, 4) is 0 Å². The first-order chi connectivity index (χ1) is 9.92. The molecule has 0 aliphatic carbocycles. The van der Waals surface area contributed by atoms with Crippen molar-refractivity contribution < 1.29 is 27.5 Å². The van der Waals surface area contributed by atoms with E-state index >= 15 is 0 Å². The molecule has 0 saturated carbocycles. The van der Waals surface area contributed by atoms with Gasteiger partial charge in [0.05, 0.1) is 17.2 Å². The number of hydrogen-bond donors (Lipinski definition) is 2. The van der Waals surface area contributed by atoms with Crippen LogP contribution in [0.15, 0.2) is 18.2 Å². The molecule has 3 nitrogen and oxygen atoms in total. The Kier molecular flexibility index (Phi) is 5.56. The lowest BCUT2D eigenvalue weighted by Gasteiger charge is -2.26. The van der Waals surface area contributed by atoms with Gasteiger partial charge in [0, 0.05) is 6.54 Å². The van der Waals surface area contributed by atoms with E-state index in [4.69, 9.17) is 0 Å². The molecular weight excluding hydrogens is 302 g/mol. The zero-order valence-corrected chi connectivity index (χ0v) is 12.6. The van der Waals surface area contributed by atoms with Gasteiger partial charge in [-0.25, -0.2) is 4.39 Å². The van der Waals surface area contributed by atoms with Crippen LogP contribution in [-0.4, -0.2) is 23.7 Å². The summed E-state index contributed by atoms with van der Waals surface area (Å²) in [5.41, 5.74) is -2.41. The molecular formula is C15H19F4NO2. The van der Waals surface area contributed by atoms with Gasteiger partial charge in [-0.3, -0.25) is 4.79 Å². The van der Waals surface area contributed by atoms with Crippen LogP contribution in [0.2, 0.25) is 0 Å². The highest BCUT2D eigenvalue weighted by Gasteiger charge is 2.36. The van der Waals surface area contributed by atoms with Crippen molar-refractivity contribution in [1.29, 1.82) is 0 Å². The number of halogens is 4. The number of carbonyl (C=O) groups excluding carboxylic acids is 1. The zero-order chi connectivity index (χ0) is 17.1. The first kappa shape index (κ1) is 18.4. The van der Waals surface area contributed by atoms with Crippen molar-refractivity contribution in [2.45, 2.75) is 39.5 Å². The SMILES string of the molecule is CC(O)CC(C)(C)CNC(=O)c1ccc(F)cc1C(F)(F)F. The molecule has 1 rings (SSSR count). The Morgan fingerprint density at radius 3 is 2.41 bits per heavy atom. The molecule has 1 aromatic rings. The van der Waals surface area contributed by atoms with Gasteiger partial charge in [-0.2, -0.15) is 13.2 Å². The van der Waals surface area contributed by atoms with Crippen LogP contribution in [-0.2, 0) is 6.18 Å². The molecule has 124 valence electrons. The van der Waals surface area contributed by atoms with E-state index in [-0.39, 0.29) is 6.54 Å². The van der Waals surface area contributed by atoms with Gasteiger partial charge < -0.3 is 10.4 Å². The Morgan fingerprint density at radius 1 is 1.32 bits per heavy atom. The second-order valence-electron chi connectivity index (χ2n) is 6.09. The zero-order valence-electron chi connectivity index (χ0n) is 12.6. The molecule has 0 aromatic heterocycles. The highest BCUT2D eigenvalue weighted by atomic mass is 19.4. The largest absolute Gasteiger partial charge is 0.417 e. The molecule has 0 radical (unpaired) electrons. The number of rotatable bonds is 5. The summed E-state index contributed by atoms with van der Waals surface area (Å²) >= 11 is 0. The topological polar surface area (TPSA) is 49.3 Å². The molecule has 0 heterocycles. The van der Waals surface area contributed by atoms with Crippen LogP contribution in [0.1, 0.15) is 43.1 Å². The fraction of sp³-hybridized carbons (Fsp3) is 0.533. The fourth-order valence-electron chi connectivity index (χ4n) is 2.24. The first-order valence-corrected chi connectivity index (χ1v) is 6.75. The number of benzene rings is 1. The van der Waals surface area contributed by atoms with Gasteiger partial charge in [-0.05, 0) is 37.0 Å². The van der Waals surface area contributed by atoms with Crippen LogP contribution >= 0.6 is 0 Å². The van der Waals surface area contributed by atoms with E-state index in [9.17, 15) is 27.5 Å². The second kappa shape index (κ2) is 6.64. The molecule has 0 aliphatic rings. The Balaban J connectivity index is 2.91. The molecule has 0 spiro atoms. The highest BCUT2D eigenvalue weighted by Crippen LogP contribution is 2.32. The fourth-order valence-corrected chi connectivity index (χ4v) is 2.24. The summed E-state index contributed by atoms with van der Waals surface area (Å²) in [5, 5.41) is 11.8. The first-order valence-electron chi connectivity index (χ1n) is 6.75. The molecule has 1 unspecified atom stereocenters. The molecule has 22 heavy (non-hydrogen) atoms. The Labute approximate surface area is 126 Å². The molecule has 0 bridgehead atoms. The van der Waals surface area contributed by atoms with E-state index in [0.29, 0.717) is 12.5 Å². The number of alkyl halides is 3. The molecule has 2 N–H and O–H groups in total. The van der Waals surface area contributed by atoms with Crippen LogP contribution in [0, 0.1) is 11.2 Å².